The van der Waals surface area contributed by atoms with E-state index < -0.39 is 23.7 Å². The summed E-state index contributed by atoms with van der Waals surface area (Å²) in [6, 6.07) is 11.6. The summed E-state index contributed by atoms with van der Waals surface area (Å²) in [5.41, 5.74) is -0.128. The molecule has 5 nitrogen and oxygen atoms in total. The van der Waals surface area contributed by atoms with Gasteiger partial charge in [0.05, 0.1) is 0 Å². The SMILES string of the molecule is CC(C)N(C(=O)OC(C)(C)C)C(C(=O)O)c1cccc2ccccc12. The van der Waals surface area contributed by atoms with Crippen LogP contribution >= 0.6 is 0 Å². The minimum Gasteiger partial charge on any atom is -0.479 e. The van der Waals surface area contributed by atoms with Crippen molar-refractivity contribution in [3.63, 3.8) is 0 Å². The van der Waals surface area contributed by atoms with E-state index in [1.807, 2.05) is 30.3 Å². The fourth-order valence-corrected chi connectivity index (χ4v) is 2.82. The smallest absolute Gasteiger partial charge is 0.411 e. The number of fused-ring (bicyclic) bond motifs is 1. The number of ether oxygens (including phenoxy) is 1. The lowest BCUT2D eigenvalue weighted by molar-refractivity contribution is -0.144. The van der Waals surface area contributed by atoms with E-state index in [0.717, 1.165) is 10.8 Å². The standard InChI is InChI=1S/C20H25NO4/c1-13(2)21(19(24)25-20(3,4)5)17(18(22)23)16-12-8-10-14-9-6-7-11-15(14)16/h6-13,17H,1-5H3,(H,22,23). The molecule has 25 heavy (non-hydrogen) atoms. The van der Waals surface area contributed by atoms with Crippen molar-refractivity contribution in [1.29, 1.82) is 0 Å². The third-order valence-corrected chi connectivity index (χ3v) is 3.79. The van der Waals surface area contributed by atoms with Crippen LogP contribution in [-0.4, -0.2) is 33.7 Å². The summed E-state index contributed by atoms with van der Waals surface area (Å²) in [5, 5.41) is 11.6. The highest BCUT2D eigenvalue weighted by atomic mass is 16.6. The summed E-state index contributed by atoms with van der Waals surface area (Å²) < 4.78 is 5.45. The Morgan fingerprint density at radius 2 is 1.64 bits per heavy atom. The quantitative estimate of drug-likeness (QED) is 0.880. The highest BCUT2D eigenvalue weighted by Gasteiger charge is 2.36. The minimum absolute atomic E-state index is 0.338. The molecule has 2 rings (SSSR count). The number of hydrogen-bond donors (Lipinski definition) is 1. The van der Waals surface area contributed by atoms with Gasteiger partial charge in [-0.15, -0.1) is 0 Å². The molecular weight excluding hydrogens is 318 g/mol. The van der Waals surface area contributed by atoms with E-state index in [9.17, 15) is 14.7 Å². The van der Waals surface area contributed by atoms with Crippen LogP contribution in [0.5, 0.6) is 0 Å². The Kier molecular flexibility index (Phi) is 5.36. The van der Waals surface area contributed by atoms with Crippen molar-refractivity contribution in [2.75, 3.05) is 0 Å². The highest BCUT2D eigenvalue weighted by molar-refractivity contribution is 5.92. The molecule has 0 aliphatic rings. The molecule has 0 spiro atoms. The van der Waals surface area contributed by atoms with Gasteiger partial charge >= 0.3 is 12.1 Å². The van der Waals surface area contributed by atoms with Gasteiger partial charge in [0.15, 0.2) is 6.04 Å². The summed E-state index contributed by atoms with van der Waals surface area (Å²) in [5.74, 6) is -1.09. The summed E-state index contributed by atoms with van der Waals surface area (Å²) in [6.07, 6.45) is -0.636. The number of carbonyl (C=O) groups is 2. The van der Waals surface area contributed by atoms with Crippen LogP contribution in [0.4, 0.5) is 4.79 Å². The molecule has 1 amide bonds. The van der Waals surface area contributed by atoms with E-state index in [1.165, 1.54) is 4.90 Å². The third kappa shape index (κ3) is 4.29. The summed E-state index contributed by atoms with van der Waals surface area (Å²) in [7, 11) is 0. The predicted octanol–water partition coefficient (Wildman–Crippen LogP) is 4.61. The molecule has 134 valence electrons. The number of nitrogens with zero attached hydrogens (tertiary/aromatic N) is 1. The first kappa shape index (κ1) is 18.8. The van der Waals surface area contributed by atoms with Crippen LogP contribution in [0.3, 0.4) is 0 Å². The van der Waals surface area contributed by atoms with Gasteiger partial charge in [-0.1, -0.05) is 42.5 Å². The second kappa shape index (κ2) is 7.13. The molecule has 1 N–H and O–H groups in total. The van der Waals surface area contributed by atoms with Gasteiger partial charge in [-0.2, -0.15) is 0 Å². The lowest BCUT2D eigenvalue weighted by atomic mass is 9.97. The average Bonchev–Trinajstić information content (AvgIpc) is 2.49. The van der Waals surface area contributed by atoms with E-state index in [-0.39, 0.29) is 6.04 Å². The zero-order valence-corrected chi connectivity index (χ0v) is 15.3. The number of benzene rings is 2. The molecule has 2 aromatic rings. The second-order valence-electron chi connectivity index (χ2n) is 7.29. The Morgan fingerprint density at radius 3 is 2.20 bits per heavy atom. The topological polar surface area (TPSA) is 66.8 Å². The van der Waals surface area contributed by atoms with Gasteiger partial charge in [-0.25, -0.2) is 9.59 Å². The van der Waals surface area contributed by atoms with Gasteiger partial charge in [0.2, 0.25) is 0 Å². The lowest BCUT2D eigenvalue weighted by Crippen LogP contribution is -2.45. The Morgan fingerprint density at radius 1 is 1.04 bits per heavy atom. The van der Waals surface area contributed by atoms with E-state index in [1.54, 1.807) is 46.8 Å². The van der Waals surface area contributed by atoms with Crippen molar-refractivity contribution >= 4 is 22.8 Å². The van der Waals surface area contributed by atoms with Crippen LogP contribution < -0.4 is 0 Å². The molecule has 0 saturated carbocycles. The third-order valence-electron chi connectivity index (χ3n) is 3.79. The fraction of sp³-hybridized carbons (Fsp3) is 0.400. The van der Waals surface area contributed by atoms with Crippen molar-refractivity contribution in [1.82, 2.24) is 4.90 Å². The number of amides is 1. The average molecular weight is 343 g/mol. The number of rotatable bonds is 4. The maximum Gasteiger partial charge on any atom is 0.411 e. The van der Waals surface area contributed by atoms with Crippen molar-refractivity contribution < 1.29 is 19.4 Å². The van der Waals surface area contributed by atoms with E-state index in [4.69, 9.17) is 4.74 Å². The number of carboxylic acid groups (broad SMARTS) is 1. The maximum atomic E-state index is 12.7. The molecule has 0 radical (unpaired) electrons. The largest absolute Gasteiger partial charge is 0.479 e. The van der Waals surface area contributed by atoms with Crippen molar-refractivity contribution in [2.45, 2.75) is 52.3 Å². The molecule has 1 atom stereocenters. The van der Waals surface area contributed by atoms with E-state index in [2.05, 4.69) is 0 Å². The Balaban J connectivity index is 2.57. The highest BCUT2D eigenvalue weighted by Crippen LogP contribution is 2.31. The van der Waals surface area contributed by atoms with Crippen LogP contribution in [0.25, 0.3) is 10.8 Å². The molecule has 0 fully saturated rings. The molecule has 0 saturated heterocycles. The molecular formula is C20H25NO4. The summed E-state index contributed by atoms with van der Waals surface area (Å²) >= 11 is 0. The minimum atomic E-state index is -1.12. The van der Waals surface area contributed by atoms with E-state index >= 15 is 0 Å². The number of aliphatic carboxylic acids is 1. The number of carboxylic acids is 1. The van der Waals surface area contributed by atoms with Gasteiger partial charge < -0.3 is 9.84 Å². The van der Waals surface area contributed by atoms with Crippen LogP contribution in [-0.2, 0) is 9.53 Å². The van der Waals surface area contributed by atoms with Crippen molar-refractivity contribution in [3.05, 3.63) is 48.0 Å². The number of hydrogen-bond acceptors (Lipinski definition) is 3. The first-order chi connectivity index (χ1) is 11.6. The molecule has 0 aliphatic carbocycles. The normalized spacial score (nSPS) is 12.9. The molecule has 0 heterocycles. The summed E-state index contributed by atoms with van der Waals surface area (Å²) in [6.45, 7) is 8.85. The second-order valence-corrected chi connectivity index (χ2v) is 7.29. The van der Waals surface area contributed by atoms with Crippen molar-refractivity contribution in [3.8, 4) is 0 Å². The first-order valence-electron chi connectivity index (χ1n) is 8.33. The van der Waals surface area contributed by atoms with E-state index in [0.29, 0.717) is 5.56 Å². The number of carbonyl (C=O) groups excluding carboxylic acids is 1. The molecule has 2 aromatic carbocycles. The molecule has 0 bridgehead atoms. The Bertz CT molecular complexity index is 771. The van der Waals surface area contributed by atoms with Gasteiger partial charge in [0.1, 0.15) is 5.60 Å². The molecule has 1 unspecified atom stereocenters. The maximum absolute atomic E-state index is 12.7. The van der Waals surface area contributed by atoms with Crippen LogP contribution in [0.2, 0.25) is 0 Å². The fourth-order valence-electron chi connectivity index (χ4n) is 2.82. The Hall–Kier alpha value is -2.56. The first-order valence-corrected chi connectivity index (χ1v) is 8.33. The van der Waals surface area contributed by atoms with Crippen LogP contribution in [0, 0.1) is 0 Å². The predicted molar refractivity (Wildman–Crippen MR) is 97.5 cm³/mol. The monoisotopic (exact) mass is 343 g/mol. The van der Waals surface area contributed by atoms with Gasteiger partial charge in [-0.05, 0) is 51.0 Å². The zero-order chi connectivity index (χ0) is 18.8. The van der Waals surface area contributed by atoms with Gasteiger partial charge in [0.25, 0.3) is 0 Å². The molecule has 5 heteroatoms. The van der Waals surface area contributed by atoms with Crippen LogP contribution in [0.15, 0.2) is 42.5 Å². The molecule has 0 aliphatic heterocycles. The Labute approximate surface area is 148 Å². The zero-order valence-electron chi connectivity index (χ0n) is 15.3. The summed E-state index contributed by atoms with van der Waals surface area (Å²) in [4.78, 5) is 26.1. The van der Waals surface area contributed by atoms with Crippen LogP contribution in [0.1, 0.15) is 46.2 Å². The van der Waals surface area contributed by atoms with Gasteiger partial charge in [0, 0.05) is 6.04 Å². The van der Waals surface area contributed by atoms with Crippen molar-refractivity contribution in [2.24, 2.45) is 0 Å². The lowest BCUT2D eigenvalue weighted by Gasteiger charge is -2.34. The molecule has 0 aromatic heterocycles. The van der Waals surface area contributed by atoms with Gasteiger partial charge in [-0.3, -0.25) is 4.90 Å².